The highest BCUT2D eigenvalue weighted by Gasteiger charge is 2.56. The third-order valence-electron chi connectivity index (χ3n) is 3.87. The van der Waals surface area contributed by atoms with Crippen molar-refractivity contribution in [2.45, 2.75) is 50.7 Å². The predicted octanol–water partition coefficient (Wildman–Crippen LogP) is 2.31. The number of hydrogen-bond donors (Lipinski definition) is 0. The Morgan fingerprint density at radius 3 is 2.93 bits per heavy atom. The predicted molar refractivity (Wildman–Crippen MR) is 56.0 cm³/mol. The van der Waals surface area contributed by atoms with Gasteiger partial charge in [-0.25, -0.2) is 0 Å². The van der Waals surface area contributed by atoms with Gasteiger partial charge in [-0.3, -0.25) is 0 Å². The van der Waals surface area contributed by atoms with Gasteiger partial charge in [0.05, 0.1) is 5.60 Å². The average Bonchev–Trinajstić information content (AvgIpc) is 2.90. The number of rotatable bonds is 1. The van der Waals surface area contributed by atoms with E-state index in [4.69, 9.17) is 4.74 Å². The molecule has 2 aliphatic heterocycles. The van der Waals surface area contributed by atoms with Crippen LogP contribution in [-0.2, 0) is 4.74 Å². The van der Waals surface area contributed by atoms with Gasteiger partial charge in [-0.1, -0.05) is 6.08 Å². The molecule has 0 aromatic heterocycles. The Bertz CT molecular complexity index is 267. The zero-order valence-electron chi connectivity index (χ0n) is 8.96. The van der Waals surface area contributed by atoms with Crippen LogP contribution in [0.1, 0.15) is 39.0 Å². The molecule has 0 bridgehead atoms. The summed E-state index contributed by atoms with van der Waals surface area (Å²) < 4.78 is 5.82. The van der Waals surface area contributed by atoms with Crippen LogP contribution in [0.2, 0.25) is 0 Å². The zero-order valence-corrected chi connectivity index (χ0v) is 8.96. The maximum absolute atomic E-state index is 5.82. The van der Waals surface area contributed by atoms with Crippen LogP contribution in [0.5, 0.6) is 0 Å². The Hall–Kier alpha value is -0.500. The number of likely N-dealkylation sites (tertiary alicyclic amines) is 1. The van der Waals surface area contributed by atoms with Gasteiger partial charge in [0.1, 0.15) is 6.10 Å². The molecule has 0 aromatic carbocycles. The minimum atomic E-state index is 0.210. The van der Waals surface area contributed by atoms with Crippen molar-refractivity contribution in [1.82, 2.24) is 4.90 Å². The van der Waals surface area contributed by atoms with Crippen molar-refractivity contribution >= 4 is 0 Å². The smallest absolute Gasteiger partial charge is 0.126 e. The second-order valence-electron chi connectivity index (χ2n) is 5.03. The molecular formula is C12H19NO. The van der Waals surface area contributed by atoms with E-state index in [1.165, 1.54) is 50.9 Å². The molecule has 2 heteroatoms. The highest BCUT2D eigenvalue weighted by atomic mass is 16.6. The van der Waals surface area contributed by atoms with Crippen molar-refractivity contribution < 1.29 is 4.74 Å². The molecule has 0 spiro atoms. The molecule has 2 fully saturated rings. The zero-order chi connectivity index (χ0) is 9.60. The Kier molecular flexibility index (Phi) is 1.88. The molecule has 0 aromatic rings. The molecule has 2 nitrogen and oxygen atoms in total. The molecule has 2 unspecified atom stereocenters. The first-order valence-electron chi connectivity index (χ1n) is 5.92. The molecule has 0 saturated carbocycles. The number of hydrogen-bond acceptors (Lipinski definition) is 2. The quantitative estimate of drug-likeness (QED) is 0.594. The highest BCUT2D eigenvalue weighted by Crippen LogP contribution is 2.48. The van der Waals surface area contributed by atoms with Gasteiger partial charge >= 0.3 is 0 Å². The molecular weight excluding hydrogens is 174 g/mol. The van der Waals surface area contributed by atoms with Crippen LogP contribution in [-0.4, -0.2) is 29.7 Å². The van der Waals surface area contributed by atoms with Crippen molar-refractivity contribution in [3.05, 3.63) is 11.8 Å². The summed E-state index contributed by atoms with van der Waals surface area (Å²) in [5.74, 6) is 0. The van der Waals surface area contributed by atoms with Crippen molar-refractivity contribution in [2.24, 2.45) is 0 Å². The second-order valence-corrected chi connectivity index (χ2v) is 5.03. The molecule has 2 atom stereocenters. The molecule has 2 saturated heterocycles. The van der Waals surface area contributed by atoms with Crippen LogP contribution >= 0.6 is 0 Å². The Morgan fingerprint density at radius 2 is 2.14 bits per heavy atom. The third-order valence-corrected chi connectivity index (χ3v) is 3.87. The SMILES string of the molecule is CC12CCC=C(N3CCCCC3)C1O2. The fourth-order valence-electron chi connectivity index (χ4n) is 2.86. The highest BCUT2D eigenvalue weighted by molar-refractivity contribution is 5.25. The van der Waals surface area contributed by atoms with E-state index >= 15 is 0 Å². The van der Waals surface area contributed by atoms with E-state index in [0.29, 0.717) is 6.10 Å². The summed E-state index contributed by atoms with van der Waals surface area (Å²) in [6.07, 6.45) is 9.40. The van der Waals surface area contributed by atoms with Gasteiger partial charge in [-0.2, -0.15) is 0 Å². The van der Waals surface area contributed by atoms with Crippen molar-refractivity contribution in [2.75, 3.05) is 13.1 Å². The molecule has 1 aliphatic carbocycles. The monoisotopic (exact) mass is 193 g/mol. The van der Waals surface area contributed by atoms with E-state index in [1.54, 1.807) is 0 Å². The standard InChI is InChI=1S/C12H19NO/c1-12-7-5-6-10(11(12)14-12)13-8-3-2-4-9-13/h6,11H,2-5,7-9H2,1H3. The van der Waals surface area contributed by atoms with Gasteiger partial charge in [0.25, 0.3) is 0 Å². The number of epoxide rings is 1. The van der Waals surface area contributed by atoms with Gasteiger partial charge in [-0.15, -0.1) is 0 Å². The fraction of sp³-hybridized carbons (Fsp3) is 0.833. The first-order valence-corrected chi connectivity index (χ1v) is 5.92. The summed E-state index contributed by atoms with van der Waals surface area (Å²) in [6, 6.07) is 0. The van der Waals surface area contributed by atoms with Crippen LogP contribution in [0.3, 0.4) is 0 Å². The molecule has 0 radical (unpaired) electrons. The number of piperidine rings is 1. The Labute approximate surface area is 85.9 Å². The fourth-order valence-corrected chi connectivity index (χ4v) is 2.86. The lowest BCUT2D eigenvalue weighted by molar-refractivity contribution is 0.257. The van der Waals surface area contributed by atoms with Crippen LogP contribution < -0.4 is 0 Å². The second kappa shape index (κ2) is 2.99. The lowest BCUT2D eigenvalue weighted by Gasteiger charge is -2.32. The van der Waals surface area contributed by atoms with E-state index in [9.17, 15) is 0 Å². The lowest BCUT2D eigenvalue weighted by atomic mass is 9.92. The normalized spacial score (nSPS) is 41.6. The van der Waals surface area contributed by atoms with Crippen LogP contribution in [0, 0.1) is 0 Å². The van der Waals surface area contributed by atoms with Crippen molar-refractivity contribution in [3.63, 3.8) is 0 Å². The third kappa shape index (κ3) is 1.28. The minimum absolute atomic E-state index is 0.210. The van der Waals surface area contributed by atoms with Gasteiger partial charge in [0, 0.05) is 18.8 Å². The van der Waals surface area contributed by atoms with Crippen LogP contribution in [0.15, 0.2) is 11.8 Å². The first-order chi connectivity index (χ1) is 6.80. The van der Waals surface area contributed by atoms with E-state index < -0.39 is 0 Å². The number of ether oxygens (including phenoxy) is 1. The van der Waals surface area contributed by atoms with Crippen molar-refractivity contribution in [3.8, 4) is 0 Å². The number of nitrogens with zero attached hydrogens (tertiary/aromatic N) is 1. The summed E-state index contributed by atoms with van der Waals surface area (Å²) >= 11 is 0. The van der Waals surface area contributed by atoms with Crippen molar-refractivity contribution in [1.29, 1.82) is 0 Å². The maximum Gasteiger partial charge on any atom is 0.126 e. The van der Waals surface area contributed by atoms with E-state index in [2.05, 4.69) is 17.9 Å². The minimum Gasteiger partial charge on any atom is -0.373 e. The first kappa shape index (κ1) is 8.78. The van der Waals surface area contributed by atoms with Crippen LogP contribution in [0.4, 0.5) is 0 Å². The van der Waals surface area contributed by atoms with Crippen LogP contribution in [0.25, 0.3) is 0 Å². The topological polar surface area (TPSA) is 15.8 Å². The maximum atomic E-state index is 5.82. The van der Waals surface area contributed by atoms with E-state index in [1.807, 2.05) is 0 Å². The largest absolute Gasteiger partial charge is 0.373 e. The van der Waals surface area contributed by atoms with Gasteiger partial charge in [0.2, 0.25) is 0 Å². The molecule has 14 heavy (non-hydrogen) atoms. The molecule has 0 amide bonds. The molecule has 0 N–H and O–H groups in total. The van der Waals surface area contributed by atoms with Gasteiger partial charge < -0.3 is 9.64 Å². The van der Waals surface area contributed by atoms with Gasteiger partial charge in [-0.05, 0) is 39.0 Å². The molecule has 3 aliphatic rings. The summed E-state index contributed by atoms with van der Waals surface area (Å²) in [6.45, 7) is 4.76. The summed E-state index contributed by atoms with van der Waals surface area (Å²) in [7, 11) is 0. The van der Waals surface area contributed by atoms with E-state index in [-0.39, 0.29) is 5.60 Å². The lowest BCUT2D eigenvalue weighted by Crippen LogP contribution is -2.34. The molecule has 3 rings (SSSR count). The number of allylic oxidation sites excluding steroid dienone is 1. The van der Waals surface area contributed by atoms with Gasteiger partial charge in [0.15, 0.2) is 0 Å². The van der Waals surface area contributed by atoms with E-state index in [0.717, 1.165) is 0 Å². The Morgan fingerprint density at radius 1 is 1.36 bits per heavy atom. The number of fused-ring (bicyclic) bond motifs is 1. The average molecular weight is 193 g/mol. The summed E-state index contributed by atoms with van der Waals surface area (Å²) in [5.41, 5.74) is 1.71. The Balaban J connectivity index is 1.74. The summed E-state index contributed by atoms with van der Waals surface area (Å²) in [4.78, 5) is 2.55. The summed E-state index contributed by atoms with van der Waals surface area (Å²) in [5, 5.41) is 0. The molecule has 78 valence electrons. The molecule has 2 heterocycles.